The van der Waals surface area contributed by atoms with E-state index in [2.05, 4.69) is 12.2 Å². The minimum atomic E-state index is -4.25. The van der Waals surface area contributed by atoms with Gasteiger partial charge in [-0.15, -0.1) is 0 Å². The summed E-state index contributed by atoms with van der Waals surface area (Å²) in [4.78, 5) is 0. The van der Waals surface area contributed by atoms with Crippen LogP contribution < -0.4 is 5.32 Å². The largest absolute Gasteiger partial charge is 0.416 e. The molecule has 0 amide bonds. The molecule has 2 rings (SSSR count). The summed E-state index contributed by atoms with van der Waals surface area (Å²) in [5, 5.41) is 3.34. The lowest BCUT2D eigenvalue weighted by molar-refractivity contribution is -0.137. The van der Waals surface area contributed by atoms with E-state index in [1.54, 1.807) is 12.1 Å². The zero-order chi connectivity index (χ0) is 13.9. The molecule has 1 aliphatic rings. The first-order chi connectivity index (χ1) is 8.89. The molecule has 19 heavy (non-hydrogen) atoms. The van der Waals surface area contributed by atoms with Crippen molar-refractivity contribution in [1.29, 1.82) is 0 Å². The molecule has 5 heteroatoms. The highest BCUT2D eigenvalue weighted by Gasteiger charge is 2.30. The van der Waals surface area contributed by atoms with Gasteiger partial charge in [-0.3, -0.25) is 0 Å². The Morgan fingerprint density at radius 1 is 1.26 bits per heavy atom. The highest BCUT2D eigenvalue weighted by Crippen LogP contribution is 2.37. The highest BCUT2D eigenvalue weighted by atomic mass is 32.2. The fourth-order valence-electron chi connectivity index (χ4n) is 2.26. The molecule has 1 unspecified atom stereocenters. The third-order valence-electron chi connectivity index (χ3n) is 3.41. The Balaban J connectivity index is 1.83. The molecule has 1 aromatic carbocycles. The van der Waals surface area contributed by atoms with E-state index >= 15 is 0 Å². The fraction of sp³-hybridized carbons (Fsp3) is 0.571. The third-order valence-corrected chi connectivity index (χ3v) is 4.95. The monoisotopic (exact) mass is 289 g/mol. The van der Waals surface area contributed by atoms with Crippen molar-refractivity contribution >= 4 is 11.8 Å². The molecular weight excluding hydrogens is 271 g/mol. The van der Waals surface area contributed by atoms with Gasteiger partial charge in [0.05, 0.1) is 5.56 Å². The van der Waals surface area contributed by atoms with E-state index < -0.39 is 11.7 Å². The van der Waals surface area contributed by atoms with E-state index in [1.807, 2.05) is 11.8 Å². The molecule has 0 saturated carbocycles. The van der Waals surface area contributed by atoms with Crippen LogP contribution in [0.5, 0.6) is 0 Å². The number of thioether (sulfide) groups is 1. The van der Waals surface area contributed by atoms with Crippen LogP contribution in [0.1, 0.15) is 30.9 Å². The van der Waals surface area contributed by atoms with Gasteiger partial charge in [0, 0.05) is 17.8 Å². The normalized spacial score (nSPS) is 23.8. The van der Waals surface area contributed by atoms with Crippen LogP contribution in [0.3, 0.4) is 0 Å². The van der Waals surface area contributed by atoms with Gasteiger partial charge < -0.3 is 5.32 Å². The van der Waals surface area contributed by atoms with Gasteiger partial charge in [0.15, 0.2) is 0 Å². The van der Waals surface area contributed by atoms with Gasteiger partial charge in [0.2, 0.25) is 0 Å². The van der Waals surface area contributed by atoms with E-state index in [-0.39, 0.29) is 4.75 Å². The molecule has 1 aromatic rings. The maximum Gasteiger partial charge on any atom is 0.416 e. The topological polar surface area (TPSA) is 12.0 Å². The average molecular weight is 289 g/mol. The van der Waals surface area contributed by atoms with Crippen LogP contribution in [0.25, 0.3) is 0 Å². The fourth-order valence-corrected chi connectivity index (χ4v) is 3.53. The predicted octanol–water partition coefficient (Wildman–Crippen LogP) is 4.08. The number of rotatable bonds is 4. The number of alkyl halides is 3. The van der Waals surface area contributed by atoms with Gasteiger partial charge in [-0.05, 0) is 43.2 Å². The SMILES string of the molecule is CC1(CNCc2ccc(C(F)(F)F)cc2)CCCS1. The van der Waals surface area contributed by atoms with Gasteiger partial charge in [-0.1, -0.05) is 12.1 Å². The van der Waals surface area contributed by atoms with Crippen LogP contribution in [-0.4, -0.2) is 17.0 Å². The molecule has 1 N–H and O–H groups in total. The molecule has 0 aromatic heterocycles. The Hall–Kier alpha value is -0.680. The highest BCUT2D eigenvalue weighted by molar-refractivity contribution is 8.00. The van der Waals surface area contributed by atoms with Crippen LogP contribution in [0.2, 0.25) is 0 Å². The first-order valence-corrected chi connectivity index (χ1v) is 7.38. The second kappa shape index (κ2) is 5.75. The summed E-state index contributed by atoms with van der Waals surface area (Å²) in [6.45, 7) is 3.76. The summed E-state index contributed by atoms with van der Waals surface area (Å²) >= 11 is 1.97. The molecule has 106 valence electrons. The first-order valence-electron chi connectivity index (χ1n) is 6.40. The van der Waals surface area contributed by atoms with Gasteiger partial charge in [0.25, 0.3) is 0 Å². The molecule has 1 saturated heterocycles. The predicted molar refractivity (Wildman–Crippen MR) is 73.2 cm³/mol. The minimum Gasteiger partial charge on any atom is -0.311 e. The van der Waals surface area contributed by atoms with Crippen molar-refractivity contribution in [2.24, 2.45) is 0 Å². The van der Waals surface area contributed by atoms with Gasteiger partial charge in [-0.2, -0.15) is 24.9 Å². The summed E-state index contributed by atoms with van der Waals surface area (Å²) in [5.41, 5.74) is 0.300. The second-order valence-corrected chi connectivity index (χ2v) is 6.88. The Morgan fingerprint density at radius 2 is 1.95 bits per heavy atom. The van der Waals surface area contributed by atoms with Crippen molar-refractivity contribution < 1.29 is 13.2 Å². The van der Waals surface area contributed by atoms with Crippen molar-refractivity contribution in [3.05, 3.63) is 35.4 Å². The van der Waals surface area contributed by atoms with Crippen LogP contribution in [0.15, 0.2) is 24.3 Å². The Morgan fingerprint density at radius 3 is 2.47 bits per heavy atom. The van der Waals surface area contributed by atoms with Crippen molar-refractivity contribution in [3.8, 4) is 0 Å². The minimum absolute atomic E-state index is 0.284. The van der Waals surface area contributed by atoms with E-state index in [0.717, 1.165) is 24.2 Å². The van der Waals surface area contributed by atoms with Crippen LogP contribution in [0.4, 0.5) is 13.2 Å². The number of halogens is 3. The molecule has 1 aliphatic heterocycles. The molecule has 0 radical (unpaired) electrons. The van der Waals surface area contributed by atoms with Crippen LogP contribution in [-0.2, 0) is 12.7 Å². The van der Waals surface area contributed by atoms with E-state index in [1.165, 1.54) is 18.6 Å². The van der Waals surface area contributed by atoms with E-state index in [9.17, 15) is 13.2 Å². The summed E-state index contributed by atoms with van der Waals surface area (Å²) in [7, 11) is 0. The van der Waals surface area contributed by atoms with Crippen LogP contribution >= 0.6 is 11.8 Å². The zero-order valence-electron chi connectivity index (χ0n) is 10.9. The lowest BCUT2D eigenvalue weighted by atomic mass is 10.1. The maximum absolute atomic E-state index is 12.4. The van der Waals surface area contributed by atoms with Crippen molar-refractivity contribution in [2.45, 2.75) is 37.2 Å². The molecule has 0 spiro atoms. The zero-order valence-corrected chi connectivity index (χ0v) is 11.7. The molecule has 1 fully saturated rings. The van der Waals surface area contributed by atoms with Crippen molar-refractivity contribution in [3.63, 3.8) is 0 Å². The standard InChI is InChI=1S/C14H18F3NS/c1-13(7-2-8-19-13)10-18-9-11-3-5-12(6-4-11)14(15,16)17/h3-6,18H,2,7-10H2,1H3. The molecular formula is C14H18F3NS. The summed E-state index contributed by atoms with van der Waals surface area (Å²) in [6.07, 6.45) is -1.79. The first kappa shape index (κ1) is 14.7. The Bertz CT molecular complexity index is 408. The average Bonchev–Trinajstić information content (AvgIpc) is 2.76. The Labute approximate surface area is 116 Å². The molecule has 1 nitrogen and oxygen atoms in total. The lowest BCUT2D eigenvalue weighted by Gasteiger charge is -2.23. The molecule has 1 atom stereocenters. The van der Waals surface area contributed by atoms with Gasteiger partial charge in [0.1, 0.15) is 0 Å². The number of nitrogens with one attached hydrogen (secondary N) is 1. The summed E-state index contributed by atoms with van der Waals surface area (Å²) in [5.74, 6) is 1.21. The maximum atomic E-state index is 12.4. The third kappa shape index (κ3) is 4.14. The van der Waals surface area contributed by atoms with Gasteiger partial charge >= 0.3 is 6.18 Å². The van der Waals surface area contributed by atoms with Crippen molar-refractivity contribution in [1.82, 2.24) is 5.32 Å². The van der Waals surface area contributed by atoms with Crippen LogP contribution in [0, 0.1) is 0 Å². The number of benzene rings is 1. The lowest BCUT2D eigenvalue weighted by Crippen LogP contribution is -2.32. The molecule has 0 bridgehead atoms. The number of hydrogen-bond donors (Lipinski definition) is 1. The van der Waals surface area contributed by atoms with E-state index in [4.69, 9.17) is 0 Å². The van der Waals surface area contributed by atoms with Gasteiger partial charge in [-0.25, -0.2) is 0 Å². The molecule has 1 heterocycles. The Kier molecular flexibility index (Phi) is 4.46. The summed E-state index contributed by atoms with van der Waals surface area (Å²) < 4.78 is 37.5. The molecule has 0 aliphatic carbocycles. The van der Waals surface area contributed by atoms with Crippen molar-refractivity contribution in [2.75, 3.05) is 12.3 Å². The summed E-state index contributed by atoms with van der Waals surface area (Å²) in [6, 6.07) is 5.37. The quantitative estimate of drug-likeness (QED) is 0.896. The van der Waals surface area contributed by atoms with E-state index in [0.29, 0.717) is 6.54 Å². The smallest absolute Gasteiger partial charge is 0.311 e. The second-order valence-electron chi connectivity index (χ2n) is 5.20. The number of hydrogen-bond acceptors (Lipinski definition) is 2.